The van der Waals surface area contributed by atoms with E-state index in [2.05, 4.69) is 19.8 Å². The molecule has 1 N–H and O–H groups in total. The van der Waals surface area contributed by atoms with Gasteiger partial charge in [0.2, 0.25) is 0 Å². The van der Waals surface area contributed by atoms with Gasteiger partial charge < -0.3 is 14.9 Å². The fourth-order valence-corrected chi connectivity index (χ4v) is 4.38. The summed E-state index contributed by atoms with van der Waals surface area (Å²) in [5.41, 5.74) is 0.0687. The maximum Gasteiger partial charge on any atom is 0.172 e. The molecule has 3 fully saturated rings. The van der Waals surface area contributed by atoms with E-state index in [0.717, 1.165) is 56.6 Å². The summed E-state index contributed by atoms with van der Waals surface area (Å²) in [5, 5.41) is 10.1. The first-order valence-corrected chi connectivity index (χ1v) is 9.21. The number of anilines is 2. The van der Waals surface area contributed by atoms with Gasteiger partial charge in [0.1, 0.15) is 0 Å². The fraction of sp³-hybridized carbons (Fsp3) is 0.778. The molecule has 5 nitrogen and oxygen atoms in total. The van der Waals surface area contributed by atoms with Crippen LogP contribution in [0.3, 0.4) is 0 Å². The zero-order valence-corrected chi connectivity index (χ0v) is 14.0. The van der Waals surface area contributed by atoms with Crippen molar-refractivity contribution in [3.8, 4) is 0 Å². The van der Waals surface area contributed by atoms with Crippen LogP contribution >= 0.6 is 0 Å². The van der Waals surface area contributed by atoms with E-state index >= 15 is 0 Å². The van der Waals surface area contributed by atoms with Crippen LogP contribution in [0.5, 0.6) is 0 Å². The Hall–Kier alpha value is -1.36. The summed E-state index contributed by atoms with van der Waals surface area (Å²) in [4.78, 5) is 14.1. The van der Waals surface area contributed by atoms with Crippen molar-refractivity contribution >= 4 is 11.6 Å². The van der Waals surface area contributed by atoms with Crippen molar-refractivity contribution in [1.29, 1.82) is 0 Å². The minimum atomic E-state index is 0.0687. The number of rotatable bonds is 5. The molecule has 1 aliphatic carbocycles. The number of aliphatic hydroxyl groups excluding tert-OH is 1. The third-order valence-electron chi connectivity index (χ3n) is 5.78. The molecule has 1 aromatic rings. The molecule has 0 bridgehead atoms. The number of aromatic nitrogens is 2. The molecule has 1 atom stereocenters. The van der Waals surface area contributed by atoms with Gasteiger partial charge in [0.15, 0.2) is 11.6 Å². The van der Waals surface area contributed by atoms with Gasteiger partial charge in [0, 0.05) is 44.0 Å². The molecule has 1 saturated carbocycles. The van der Waals surface area contributed by atoms with Crippen LogP contribution in [0.25, 0.3) is 0 Å². The number of nitrogens with zero attached hydrogens (tertiary/aromatic N) is 4. The molecule has 1 aromatic heterocycles. The highest BCUT2D eigenvalue weighted by molar-refractivity contribution is 5.63. The van der Waals surface area contributed by atoms with E-state index in [1.165, 1.54) is 32.1 Å². The zero-order chi connectivity index (χ0) is 15.7. The highest BCUT2D eigenvalue weighted by Crippen LogP contribution is 2.45. The van der Waals surface area contributed by atoms with Crippen LogP contribution in [-0.2, 0) is 0 Å². The average Bonchev–Trinajstić information content (AvgIpc) is 3.24. The van der Waals surface area contributed by atoms with E-state index in [9.17, 15) is 5.11 Å². The number of aliphatic hydroxyl groups is 1. The molecule has 0 spiro atoms. The molecule has 4 rings (SSSR count). The third-order valence-corrected chi connectivity index (χ3v) is 5.78. The summed E-state index contributed by atoms with van der Waals surface area (Å²) in [6.07, 6.45) is 12.3. The lowest BCUT2D eigenvalue weighted by Gasteiger charge is -2.43. The molecule has 0 aromatic carbocycles. The molecular weight excluding hydrogens is 288 g/mol. The summed E-state index contributed by atoms with van der Waals surface area (Å²) in [7, 11) is 0. The van der Waals surface area contributed by atoms with Crippen LogP contribution in [0.2, 0.25) is 0 Å². The summed E-state index contributed by atoms with van der Waals surface area (Å²) in [5.74, 6) is 2.93. The highest BCUT2D eigenvalue weighted by Gasteiger charge is 2.40. The van der Waals surface area contributed by atoms with E-state index in [0.29, 0.717) is 6.61 Å². The van der Waals surface area contributed by atoms with E-state index in [1.54, 1.807) is 0 Å². The van der Waals surface area contributed by atoms with Crippen molar-refractivity contribution in [3.63, 3.8) is 0 Å². The Morgan fingerprint density at radius 1 is 1.00 bits per heavy atom. The lowest BCUT2D eigenvalue weighted by atomic mass is 9.76. The van der Waals surface area contributed by atoms with E-state index in [4.69, 9.17) is 0 Å². The Bertz CT molecular complexity index is 542. The Morgan fingerprint density at radius 2 is 1.65 bits per heavy atom. The maximum atomic E-state index is 10.1. The summed E-state index contributed by atoms with van der Waals surface area (Å²) in [6.45, 7) is 4.45. The largest absolute Gasteiger partial charge is 0.396 e. The van der Waals surface area contributed by atoms with Crippen LogP contribution in [-0.4, -0.2) is 47.9 Å². The number of hydrogen-bond donors (Lipinski definition) is 1. The van der Waals surface area contributed by atoms with Crippen LogP contribution < -0.4 is 9.80 Å². The maximum absolute atomic E-state index is 10.1. The van der Waals surface area contributed by atoms with Gasteiger partial charge in [-0.15, -0.1) is 0 Å². The quantitative estimate of drug-likeness (QED) is 0.904. The lowest BCUT2D eigenvalue weighted by molar-refractivity contribution is 0.0901. The smallest absolute Gasteiger partial charge is 0.172 e. The molecule has 2 aliphatic heterocycles. The van der Waals surface area contributed by atoms with Gasteiger partial charge in [-0.1, -0.05) is 12.8 Å². The monoisotopic (exact) mass is 316 g/mol. The van der Waals surface area contributed by atoms with Gasteiger partial charge in [0.25, 0.3) is 0 Å². The molecule has 3 aliphatic rings. The Balaban J connectivity index is 1.57. The number of piperidine rings is 1. The topological polar surface area (TPSA) is 52.5 Å². The molecule has 5 heteroatoms. The lowest BCUT2D eigenvalue weighted by Crippen LogP contribution is -2.46. The van der Waals surface area contributed by atoms with Crippen LogP contribution in [0, 0.1) is 11.3 Å². The van der Waals surface area contributed by atoms with Gasteiger partial charge >= 0.3 is 0 Å². The van der Waals surface area contributed by atoms with Crippen molar-refractivity contribution < 1.29 is 5.11 Å². The summed E-state index contributed by atoms with van der Waals surface area (Å²) in [6, 6.07) is 0. The van der Waals surface area contributed by atoms with E-state index < -0.39 is 0 Å². The average molecular weight is 316 g/mol. The zero-order valence-electron chi connectivity index (χ0n) is 14.0. The molecule has 126 valence electrons. The van der Waals surface area contributed by atoms with Crippen molar-refractivity contribution in [3.05, 3.63) is 12.4 Å². The Labute approximate surface area is 138 Å². The van der Waals surface area contributed by atoms with E-state index in [-0.39, 0.29) is 5.41 Å². The normalized spacial score (nSPS) is 28.4. The van der Waals surface area contributed by atoms with Crippen LogP contribution in [0.1, 0.15) is 44.9 Å². The van der Waals surface area contributed by atoms with Gasteiger partial charge in [-0.2, -0.15) is 0 Å². The van der Waals surface area contributed by atoms with Gasteiger partial charge in [-0.25, -0.2) is 9.97 Å². The Morgan fingerprint density at radius 3 is 2.30 bits per heavy atom. The minimum absolute atomic E-state index is 0.0687. The third kappa shape index (κ3) is 3.16. The van der Waals surface area contributed by atoms with E-state index in [1.807, 2.05) is 12.4 Å². The predicted molar refractivity (Wildman–Crippen MR) is 91.8 cm³/mol. The van der Waals surface area contributed by atoms with Gasteiger partial charge in [0.05, 0.1) is 6.61 Å². The van der Waals surface area contributed by atoms with Crippen molar-refractivity contribution in [2.45, 2.75) is 44.9 Å². The molecule has 0 radical (unpaired) electrons. The highest BCUT2D eigenvalue weighted by atomic mass is 16.3. The van der Waals surface area contributed by atoms with Gasteiger partial charge in [-0.3, -0.25) is 0 Å². The molecule has 0 unspecified atom stereocenters. The molecular formula is C18H28N4O. The van der Waals surface area contributed by atoms with Crippen LogP contribution in [0.4, 0.5) is 11.6 Å². The molecule has 3 heterocycles. The minimum Gasteiger partial charge on any atom is -0.396 e. The SMILES string of the molecule is OC[C@@]1(CC2CC2)CCCN(c2nccnc2N2CCCC2)C1. The molecule has 0 amide bonds. The first-order valence-electron chi connectivity index (χ1n) is 9.21. The van der Waals surface area contributed by atoms with Crippen molar-refractivity contribution in [2.75, 3.05) is 42.6 Å². The molecule has 2 saturated heterocycles. The predicted octanol–water partition coefficient (Wildman–Crippen LogP) is 2.46. The first-order chi connectivity index (χ1) is 11.3. The second kappa shape index (κ2) is 6.27. The standard InChI is InChI=1S/C18H28N4O/c23-14-18(12-15-4-5-15)6-3-11-22(13-18)17-16(19-7-8-20-17)21-9-1-2-10-21/h7-8,15,23H,1-6,9-14H2/t18-/m1/s1. The van der Waals surface area contributed by atoms with Crippen LogP contribution in [0.15, 0.2) is 12.4 Å². The van der Waals surface area contributed by atoms with Crippen molar-refractivity contribution in [1.82, 2.24) is 9.97 Å². The Kier molecular flexibility index (Phi) is 4.14. The second-order valence-corrected chi connectivity index (χ2v) is 7.73. The summed E-state index contributed by atoms with van der Waals surface area (Å²) >= 11 is 0. The molecule has 23 heavy (non-hydrogen) atoms. The fourth-order valence-electron chi connectivity index (χ4n) is 4.38. The first kappa shape index (κ1) is 15.2. The van der Waals surface area contributed by atoms with Crippen molar-refractivity contribution in [2.24, 2.45) is 11.3 Å². The van der Waals surface area contributed by atoms with Gasteiger partial charge in [-0.05, 0) is 38.0 Å². The second-order valence-electron chi connectivity index (χ2n) is 7.73. The number of hydrogen-bond acceptors (Lipinski definition) is 5. The summed E-state index contributed by atoms with van der Waals surface area (Å²) < 4.78 is 0.